The first kappa shape index (κ1) is 20.3. The van der Waals surface area contributed by atoms with Crippen molar-refractivity contribution in [3.8, 4) is 0 Å². The number of methoxy groups -OCH3 is 1. The van der Waals surface area contributed by atoms with Gasteiger partial charge in [0.1, 0.15) is 0 Å². The maximum Gasteiger partial charge on any atom is 0.305 e. The minimum absolute atomic E-state index is 0.178. The van der Waals surface area contributed by atoms with Crippen LogP contribution in [0.2, 0.25) is 0 Å². The second-order valence-corrected chi connectivity index (χ2v) is 6.57. The molecular weight excluding hydrogens is 308 g/mol. The number of nitrogens with one attached hydrogen (secondary N) is 2. The van der Waals surface area contributed by atoms with Gasteiger partial charge >= 0.3 is 5.97 Å². The molecule has 24 heavy (non-hydrogen) atoms. The van der Waals surface area contributed by atoms with Crippen LogP contribution in [0.15, 0.2) is 4.99 Å². The van der Waals surface area contributed by atoms with Crippen molar-refractivity contribution >= 4 is 17.8 Å². The SMILES string of the molecule is CN=C(NCCCCC(=O)OC)NCC1(C(=O)N(C)C)CCCC1. The number of nitrogens with zero attached hydrogens (tertiary/aromatic N) is 2. The lowest BCUT2D eigenvalue weighted by atomic mass is 9.84. The van der Waals surface area contributed by atoms with E-state index in [4.69, 9.17) is 0 Å². The lowest BCUT2D eigenvalue weighted by Crippen LogP contribution is -2.49. The molecule has 2 N–H and O–H groups in total. The van der Waals surface area contributed by atoms with E-state index in [1.807, 2.05) is 14.1 Å². The fourth-order valence-corrected chi connectivity index (χ4v) is 3.17. The normalized spacial score (nSPS) is 16.6. The van der Waals surface area contributed by atoms with Crippen molar-refractivity contribution in [1.82, 2.24) is 15.5 Å². The number of hydrogen-bond donors (Lipinski definition) is 2. The van der Waals surface area contributed by atoms with E-state index in [2.05, 4.69) is 20.4 Å². The molecule has 0 unspecified atom stereocenters. The molecule has 0 heterocycles. The molecule has 0 bridgehead atoms. The van der Waals surface area contributed by atoms with Crippen LogP contribution in [0.3, 0.4) is 0 Å². The van der Waals surface area contributed by atoms with Crippen LogP contribution in [-0.4, -0.2) is 64.1 Å². The zero-order valence-electron chi connectivity index (χ0n) is 15.5. The number of ether oxygens (including phenoxy) is 1. The minimum atomic E-state index is -0.313. The predicted octanol–water partition coefficient (Wildman–Crippen LogP) is 1.14. The monoisotopic (exact) mass is 340 g/mol. The van der Waals surface area contributed by atoms with E-state index in [1.54, 1.807) is 11.9 Å². The number of amides is 1. The first-order valence-electron chi connectivity index (χ1n) is 8.68. The molecule has 0 aromatic carbocycles. The molecule has 1 aliphatic carbocycles. The first-order valence-corrected chi connectivity index (χ1v) is 8.68. The minimum Gasteiger partial charge on any atom is -0.469 e. The molecule has 0 saturated heterocycles. The van der Waals surface area contributed by atoms with Crippen molar-refractivity contribution < 1.29 is 14.3 Å². The Morgan fingerprint density at radius 1 is 1.17 bits per heavy atom. The van der Waals surface area contributed by atoms with Crippen LogP contribution in [0, 0.1) is 5.41 Å². The summed E-state index contributed by atoms with van der Waals surface area (Å²) >= 11 is 0. The molecule has 7 nitrogen and oxygen atoms in total. The van der Waals surface area contributed by atoms with E-state index < -0.39 is 0 Å². The summed E-state index contributed by atoms with van der Waals surface area (Å²) in [4.78, 5) is 29.5. The summed E-state index contributed by atoms with van der Waals surface area (Å²) in [6, 6.07) is 0. The fraction of sp³-hybridized carbons (Fsp3) is 0.824. The van der Waals surface area contributed by atoms with Crippen molar-refractivity contribution in [2.75, 3.05) is 41.3 Å². The van der Waals surface area contributed by atoms with E-state index in [1.165, 1.54) is 7.11 Å². The van der Waals surface area contributed by atoms with Gasteiger partial charge in [-0.05, 0) is 25.7 Å². The van der Waals surface area contributed by atoms with Gasteiger partial charge < -0.3 is 20.3 Å². The van der Waals surface area contributed by atoms with Crippen LogP contribution in [-0.2, 0) is 14.3 Å². The van der Waals surface area contributed by atoms with Gasteiger partial charge in [0, 0.05) is 40.7 Å². The van der Waals surface area contributed by atoms with Gasteiger partial charge in [-0.1, -0.05) is 12.8 Å². The van der Waals surface area contributed by atoms with E-state index in [0.717, 1.165) is 45.1 Å². The Balaban J connectivity index is 2.39. The zero-order valence-corrected chi connectivity index (χ0v) is 15.5. The number of rotatable bonds is 8. The van der Waals surface area contributed by atoms with Crippen LogP contribution >= 0.6 is 0 Å². The summed E-state index contributed by atoms with van der Waals surface area (Å²) < 4.78 is 4.62. The maximum atomic E-state index is 12.5. The third-order valence-electron chi connectivity index (χ3n) is 4.57. The van der Waals surface area contributed by atoms with Gasteiger partial charge in [-0.3, -0.25) is 14.6 Å². The Morgan fingerprint density at radius 3 is 2.38 bits per heavy atom. The smallest absolute Gasteiger partial charge is 0.305 e. The van der Waals surface area contributed by atoms with Crippen LogP contribution in [0.25, 0.3) is 0 Å². The Bertz CT molecular complexity index is 443. The number of hydrogen-bond acceptors (Lipinski definition) is 4. The van der Waals surface area contributed by atoms with Gasteiger partial charge in [-0.15, -0.1) is 0 Å². The maximum absolute atomic E-state index is 12.5. The lowest BCUT2D eigenvalue weighted by molar-refractivity contribution is -0.141. The molecule has 1 saturated carbocycles. The van der Waals surface area contributed by atoms with E-state index >= 15 is 0 Å². The summed E-state index contributed by atoms with van der Waals surface area (Å²) in [5.74, 6) is 0.717. The van der Waals surface area contributed by atoms with Crippen molar-refractivity contribution in [3.05, 3.63) is 0 Å². The van der Waals surface area contributed by atoms with Crippen LogP contribution in [0.5, 0.6) is 0 Å². The number of guanidine groups is 1. The Labute approximate surface area is 145 Å². The summed E-state index contributed by atoms with van der Waals surface area (Å²) in [5.41, 5.74) is -0.313. The number of carbonyl (C=O) groups excluding carboxylic acids is 2. The zero-order chi connectivity index (χ0) is 18.0. The summed E-state index contributed by atoms with van der Waals surface area (Å²) in [7, 11) is 6.76. The molecule has 0 aromatic rings. The Kier molecular flexibility index (Phi) is 8.57. The van der Waals surface area contributed by atoms with Gasteiger partial charge in [-0.25, -0.2) is 0 Å². The molecule has 0 atom stereocenters. The highest BCUT2D eigenvalue weighted by Gasteiger charge is 2.42. The second-order valence-electron chi connectivity index (χ2n) is 6.57. The third-order valence-corrected chi connectivity index (χ3v) is 4.57. The molecule has 0 aliphatic heterocycles. The second kappa shape index (κ2) is 10.2. The van der Waals surface area contributed by atoms with Crippen molar-refractivity contribution in [1.29, 1.82) is 0 Å². The third kappa shape index (κ3) is 6.02. The molecule has 1 amide bonds. The number of carbonyl (C=O) groups is 2. The van der Waals surface area contributed by atoms with Gasteiger partial charge in [0.05, 0.1) is 12.5 Å². The Hall–Kier alpha value is -1.79. The summed E-state index contributed by atoms with van der Waals surface area (Å²) in [5, 5.41) is 6.53. The van der Waals surface area contributed by atoms with Crippen LogP contribution < -0.4 is 10.6 Å². The molecule has 7 heteroatoms. The average molecular weight is 340 g/mol. The van der Waals surface area contributed by atoms with Crippen LogP contribution in [0.4, 0.5) is 0 Å². The number of esters is 1. The molecule has 0 spiro atoms. The van der Waals surface area contributed by atoms with Gasteiger partial charge in [0.25, 0.3) is 0 Å². The van der Waals surface area contributed by atoms with E-state index in [0.29, 0.717) is 18.9 Å². The molecule has 138 valence electrons. The molecule has 0 aromatic heterocycles. The first-order chi connectivity index (χ1) is 11.4. The van der Waals surface area contributed by atoms with Crippen molar-refractivity contribution in [2.45, 2.75) is 44.9 Å². The molecule has 1 aliphatic rings. The van der Waals surface area contributed by atoms with Gasteiger partial charge in [0.15, 0.2) is 5.96 Å². The standard InChI is InChI=1S/C17H32N4O3/c1-18-16(19-12-8-5-9-14(22)24-4)20-13-17(10-6-7-11-17)15(23)21(2)3/h5-13H2,1-4H3,(H2,18,19,20). The van der Waals surface area contributed by atoms with Crippen molar-refractivity contribution in [2.24, 2.45) is 10.4 Å². The van der Waals surface area contributed by atoms with E-state index in [-0.39, 0.29) is 17.3 Å². The molecule has 1 fully saturated rings. The fourth-order valence-electron chi connectivity index (χ4n) is 3.17. The van der Waals surface area contributed by atoms with Crippen molar-refractivity contribution in [3.63, 3.8) is 0 Å². The lowest BCUT2D eigenvalue weighted by Gasteiger charge is -2.31. The molecule has 1 rings (SSSR count). The molecular formula is C17H32N4O3. The topological polar surface area (TPSA) is 83.0 Å². The van der Waals surface area contributed by atoms with E-state index in [9.17, 15) is 9.59 Å². The highest BCUT2D eigenvalue weighted by atomic mass is 16.5. The predicted molar refractivity (Wildman–Crippen MR) is 94.8 cm³/mol. The average Bonchev–Trinajstić information content (AvgIpc) is 3.06. The Morgan fingerprint density at radius 2 is 1.83 bits per heavy atom. The van der Waals surface area contributed by atoms with Gasteiger partial charge in [0.2, 0.25) is 5.91 Å². The largest absolute Gasteiger partial charge is 0.469 e. The van der Waals surface area contributed by atoms with Gasteiger partial charge in [-0.2, -0.15) is 0 Å². The molecule has 0 radical (unpaired) electrons. The quantitative estimate of drug-likeness (QED) is 0.300. The number of unbranched alkanes of at least 4 members (excludes halogenated alkanes) is 1. The highest BCUT2D eigenvalue weighted by Crippen LogP contribution is 2.38. The summed E-state index contributed by atoms with van der Waals surface area (Å²) in [6.07, 6.45) is 6.11. The van der Waals surface area contributed by atoms with Crippen LogP contribution in [0.1, 0.15) is 44.9 Å². The number of aliphatic imine (C=N–C) groups is 1. The highest BCUT2D eigenvalue weighted by molar-refractivity contribution is 5.85. The summed E-state index contributed by atoms with van der Waals surface area (Å²) in [6.45, 7) is 1.33.